The Labute approximate surface area is 227 Å². The molecule has 1 atom stereocenters. The molecule has 8 heteroatoms. The Balaban J connectivity index is 1.54. The topological polar surface area (TPSA) is 75.5 Å². The SMILES string of the molecule is CCCCCCSC1=NN2C(=c3ccccc3=N[C@H]2c2cccc(OC)c2OCc2ccccc2)C(=O)N1. The third-order valence-electron chi connectivity index (χ3n) is 6.49. The van der Waals surface area contributed by atoms with E-state index < -0.39 is 6.17 Å². The average Bonchev–Trinajstić information content (AvgIpc) is 2.95. The molecule has 7 nitrogen and oxygen atoms in total. The predicted octanol–water partition coefficient (Wildman–Crippen LogP) is 4.73. The lowest BCUT2D eigenvalue weighted by Gasteiger charge is -2.34. The average molecular weight is 529 g/mol. The van der Waals surface area contributed by atoms with E-state index in [9.17, 15) is 4.79 Å². The van der Waals surface area contributed by atoms with Gasteiger partial charge in [-0.15, -0.1) is 5.10 Å². The molecule has 196 valence electrons. The number of methoxy groups -OCH3 is 1. The number of amides is 1. The number of amidine groups is 1. The smallest absolute Gasteiger partial charge is 0.276 e. The maximum Gasteiger partial charge on any atom is 0.276 e. The van der Waals surface area contributed by atoms with Gasteiger partial charge in [0.15, 0.2) is 22.8 Å². The predicted molar refractivity (Wildman–Crippen MR) is 151 cm³/mol. The lowest BCUT2D eigenvalue weighted by molar-refractivity contribution is -0.116. The zero-order valence-electron chi connectivity index (χ0n) is 21.7. The van der Waals surface area contributed by atoms with Crippen LogP contribution in [0.2, 0.25) is 0 Å². The van der Waals surface area contributed by atoms with Gasteiger partial charge in [-0.25, -0.2) is 5.01 Å². The largest absolute Gasteiger partial charge is 0.493 e. The fraction of sp³-hybridized carbons (Fsp3) is 0.300. The first-order valence-corrected chi connectivity index (χ1v) is 14.0. The minimum Gasteiger partial charge on any atom is -0.493 e. The Kier molecular flexibility index (Phi) is 8.28. The van der Waals surface area contributed by atoms with Crippen molar-refractivity contribution in [3.8, 4) is 11.5 Å². The van der Waals surface area contributed by atoms with Gasteiger partial charge in [0.2, 0.25) is 0 Å². The van der Waals surface area contributed by atoms with Crippen LogP contribution in [0.1, 0.15) is 49.9 Å². The molecule has 2 heterocycles. The standard InChI is InChI=1S/C30H32N4O3S/c1-3-4-5-11-19-38-30-32-29(35)26-22-15-9-10-17-24(22)31-28(34(26)33-30)23-16-12-18-25(36-2)27(23)37-20-21-13-7-6-8-14-21/h6-10,12-18,28H,3-5,11,19-20H2,1-2H3,(H,32,33,35)/t28-/m1/s1. The lowest BCUT2D eigenvalue weighted by atomic mass is 10.1. The van der Waals surface area contributed by atoms with Gasteiger partial charge in [0.05, 0.1) is 12.5 Å². The van der Waals surface area contributed by atoms with Crippen LogP contribution in [0.5, 0.6) is 11.5 Å². The molecule has 1 N–H and O–H groups in total. The number of rotatable bonds is 10. The van der Waals surface area contributed by atoms with E-state index in [1.54, 1.807) is 23.9 Å². The van der Waals surface area contributed by atoms with E-state index in [1.807, 2.05) is 72.8 Å². The Morgan fingerprint density at radius 3 is 2.61 bits per heavy atom. The number of thioether (sulfide) groups is 1. The van der Waals surface area contributed by atoms with Crippen molar-refractivity contribution < 1.29 is 14.3 Å². The van der Waals surface area contributed by atoms with Crippen molar-refractivity contribution >= 4 is 28.5 Å². The third-order valence-corrected chi connectivity index (χ3v) is 7.44. The second-order valence-electron chi connectivity index (χ2n) is 9.13. The molecule has 0 bridgehead atoms. The van der Waals surface area contributed by atoms with Crippen LogP contribution in [0.4, 0.5) is 0 Å². The fourth-order valence-corrected chi connectivity index (χ4v) is 5.43. The van der Waals surface area contributed by atoms with Gasteiger partial charge in [-0.3, -0.25) is 15.1 Å². The summed E-state index contributed by atoms with van der Waals surface area (Å²) in [5, 5.41) is 11.7. The minimum atomic E-state index is -0.595. The van der Waals surface area contributed by atoms with E-state index in [0.717, 1.165) is 33.9 Å². The van der Waals surface area contributed by atoms with Gasteiger partial charge in [0.25, 0.3) is 5.91 Å². The van der Waals surface area contributed by atoms with Crippen molar-refractivity contribution in [1.29, 1.82) is 0 Å². The van der Waals surface area contributed by atoms with E-state index >= 15 is 0 Å². The van der Waals surface area contributed by atoms with Crippen molar-refractivity contribution in [3.63, 3.8) is 0 Å². The number of benzene rings is 3. The highest BCUT2D eigenvalue weighted by atomic mass is 32.2. The molecule has 0 aliphatic carbocycles. The van der Waals surface area contributed by atoms with E-state index in [4.69, 9.17) is 19.6 Å². The second kappa shape index (κ2) is 12.2. The number of carbonyl (C=O) groups is 1. The number of para-hydroxylation sites is 2. The summed E-state index contributed by atoms with van der Waals surface area (Å²) in [4.78, 5) is 18.5. The monoisotopic (exact) mass is 528 g/mol. The first kappa shape index (κ1) is 25.9. The zero-order valence-corrected chi connectivity index (χ0v) is 22.5. The molecule has 3 aromatic carbocycles. The van der Waals surface area contributed by atoms with Gasteiger partial charge in [0.1, 0.15) is 12.3 Å². The third kappa shape index (κ3) is 5.55. The molecule has 0 unspecified atom stereocenters. The number of nitrogens with one attached hydrogen (secondary N) is 1. The molecule has 5 rings (SSSR count). The van der Waals surface area contributed by atoms with Gasteiger partial charge >= 0.3 is 0 Å². The van der Waals surface area contributed by atoms with Crippen LogP contribution in [0, 0.1) is 0 Å². The minimum absolute atomic E-state index is 0.182. The van der Waals surface area contributed by atoms with E-state index in [2.05, 4.69) is 12.2 Å². The van der Waals surface area contributed by atoms with Crippen LogP contribution in [0.15, 0.2) is 82.9 Å². The number of ether oxygens (including phenoxy) is 2. The molecule has 0 radical (unpaired) electrons. The summed E-state index contributed by atoms with van der Waals surface area (Å²) in [6, 6.07) is 23.4. The molecule has 0 saturated carbocycles. The van der Waals surface area contributed by atoms with Crippen molar-refractivity contribution in [2.45, 2.75) is 45.4 Å². The molecule has 3 aromatic rings. The molecule has 2 aliphatic rings. The number of carbonyl (C=O) groups excluding carboxylic acids is 1. The van der Waals surface area contributed by atoms with Crippen LogP contribution in [0.3, 0.4) is 0 Å². The molecule has 1 amide bonds. The Bertz CT molecular complexity index is 1440. The molecule has 2 aliphatic heterocycles. The zero-order chi connectivity index (χ0) is 26.3. The van der Waals surface area contributed by atoms with Gasteiger partial charge in [-0.05, 0) is 24.1 Å². The van der Waals surface area contributed by atoms with Gasteiger partial charge in [-0.2, -0.15) is 0 Å². The normalized spacial score (nSPS) is 16.1. The van der Waals surface area contributed by atoms with Crippen molar-refractivity contribution in [1.82, 2.24) is 10.3 Å². The summed E-state index contributed by atoms with van der Waals surface area (Å²) in [5.74, 6) is 1.90. The summed E-state index contributed by atoms with van der Waals surface area (Å²) in [6.45, 7) is 2.57. The summed E-state index contributed by atoms with van der Waals surface area (Å²) >= 11 is 1.57. The Morgan fingerprint density at radius 1 is 0.974 bits per heavy atom. The number of hydrogen-bond donors (Lipinski definition) is 1. The highest BCUT2D eigenvalue weighted by Crippen LogP contribution is 2.40. The van der Waals surface area contributed by atoms with Crippen molar-refractivity contribution in [2.24, 2.45) is 10.1 Å². The maximum atomic E-state index is 13.5. The van der Waals surface area contributed by atoms with Crippen LogP contribution in [-0.2, 0) is 11.4 Å². The van der Waals surface area contributed by atoms with Gasteiger partial charge < -0.3 is 9.47 Å². The Morgan fingerprint density at radius 2 is 1.79 bits per heavy atom. The van der Waals surface area contributed by atoms with E-state index in [-0.39, 0.29) is 5.91 Å². The van der Waals surface area contributed by atoms with Crippen LogP contribution in [0.25, 0.3) is 5.70 Å². The molecular formula is C30H32N4O3S. The Hall–Kier alpha value is -3.78. The van der Waals surface area contributed by atoms with Crippen molar-refractivity contribution in [2.75, 3.05) is 12.9 Å². The number of unbranched alkanes of at least 4 members (excludes halogenated alkanes) is 3. The number of hydrogen-bond acceptors (Lipinski definition) is 7. The maximum absolute atomic E-state index is 13.5. The fourth-order valence-electron chi connectivity index (χ4n) is 4.57. The molecule has 0 aromatic heterocycles. The van der Waals surface area contributed by atoms with E-state index in [1.165, 1.54) is 19.3 Å². The summed E-state index contributed by atoms with van der Waals surface area (Å²) in [7, 11) is 1.62. The van der Waals surface area contributed by atoms with Gasteiger partial charge in [-0.1, -0.05) is 98.6 Å². The molecule has 0 saturated heterocycles. The first-order valence-electron chi connectivity index (χ1n) is 13.0. The number of nitrogens with zero attached hydrogens (tertiary/aromatic N) is 3. The molecule has 0 fully saturated rings. The van der Waals surface area contributed by atoms with Crippen LogP contribution >= 0.6 is 11.8 Å². The van der Waals surface area contributed by atoms with Crippen molar-refractivity contribution in [3.05, 3.63) is 94.5 Å². The highest BCUT2D eigenvalue weighted by Gasteiger charge is 2.36. The summed E-state index contributed by atoms with van der Waals surface area (Å²) < 4.78 is 12.0. The molecule has 0 spiro atoms. The first-order chi connectivity index (χ1) is 18.7. The van der Waals surface area contributed by atoms with Crippen LogP contribution < -0.4 is 25.4 Å². The van der Waals surface area contributed by atoms with Gasteiger partial charge in [0, 0.05) is 16.5 Å². The highest BCUT2D eigenvalue weighted by molar-refractivity contribution is 8.13. The quantitative estimate of drug-likeness (QED) is 0.385. The summed E-state index contributed by atoms with van der Waals surface area (Å²) in [6.07, 6.45) is 4.05. The molecule has 38 heavy (non-hydrogen) atoms. The molecular weight excluding hydrogens is 496 g/mol. The summed E-state index contributed by atoms with van der Waals surface area (Å²) in [5.41, 5.74) is 2.30. The van der Waals surface area contributed by atoms with E-state index in [0.29, 0.717) is 29.0 Å². The van der Waals surface area contributed by atoms with Crippen LogP contribution in [-0.4, -0.2) is 28.9 Å². The lowest BCUT2D eigenvalue weighted by Crippen LogP contribution is -2.50. The number of hydrazone groups is 1. The number of fused-ring (bicyclic) bond motifs is 2. The second-order valence-corrected chi connectivity index (χ2v) is 10.2.